The number of hydrogen-bond donors (Lipinski definition) is 0. The van der Waals surface area contributed by atoms with Crippen molar-refractivity contribution >= 4 is 0 Å². The van der Waals surface area contributed by atoms with E-state index in [1.807, 2.05) is 0 Å². The van der Waals surface area contributed by atoms with Gasteiger partial charge < -0.3 is 0 Å². The Morgan fingerprint density at radius 3 is 2.00 bits per heavy atom. The van der Waals surface area contributed by atoms with Gasteiger partial charge in [0.1, 0.15) is 0 Å². The fourth-order valence-corrected chi connectivity index (χ4v) is 2.54. The monoisotopic (exact) mass is 311 g/mol. The summed E-state index contributed by atoms with van der Waals surface area (Å²) in [7, 11) is 0. The van der Waals surface area contributed by atoms with Crippen LogP contribution in [0.1, 0.15) is 36.0 Å². The average Bonchev–Trinajstić information content (AvgIpc) is 2.37. The molecule has 0 radical (unpaired) electrons. The lowest BCUT2D eigenvalue weighted by atomic mass is 10.0. The molecule has 1 aliphatic rings. The number of likely N-dealkylation sites (tertiary alicyclic amines) is 1. The van der Waals surface area contributed by atoms with E-state index in [4.69, 9.17) is 0 Å². The van der Waals surface area contributed by atoms with E-state index in [9.17, 15) is 26.3 Å². The Morgan fingerprint density at radius 1 is 0.857 bits per heavy atom. The topological polar surface area (TPSA) is 3.24 Å². The first-order valence-electron chi connectivity index (χ1n) is 6.67. The molecule has 0 N–H and O–H groups in total. The summed E-state index contributed by atoms with van der Waals surface area (Å²) in [6.45, 7) is 1.14. The zero-order chi connectivity index (χ0) is 15.7. The van der Waals surface area contributed by atoms with E-state index in [1.54, 1.807) is 4.90 Å². The molecule has 21 heavy (non-hydrogen) atoms. The van der Waals surface area contributed by atoms with Crippen LogP contribution in [-0.2, 0) is 18.9 Å². The zero-order valence-corrected chi connectivity index (χ0v) is 11.2. The molecule has 0 saturated carbocycles. The number of benzene rings is 1. The number of alkyl halides is 6. The van der Waals surface area contributed by atoms with E-state index >= 15 is 0 Å². The number of hydrogen-bond acceptors (Lipinski definition) is 1. The first-order valence-corrected chi connectivity index (χ1v) is 6.67. The normalized spacial score (nSPS) is 18.0. The van der Waals surface area contributed by atoms with Crippen molar-refractivity contribution in [2.75, 3.05) is 13.1 Å². The quantitative estimate of drug-likeness (QED) is 0.715. The molecule has 0 bridgehead atoms. The van der Waals surface area contributed by atoms with Gasteiger partial charge >= 0.3 is 12.4 Å². The fourth-order valence-electron chi connectivity index (χ4n) is 2.54. The second kappa shape index (κ2) is 5.87. The minimum absolute atomic E-state index is 0.0984. The molecule has 1 aromatic rings. The van der Waals surface area contributed by atoms with Gasteiger partial charge in [-0.2, -0.15) is 26.3 Å². The number of piperidine rings is 1. The van der Waals surface area contributed by atoms with E-state index in [0.717, 1.165) is 19.3 Å². The van der Waals surface area contributed by atoms with Gasteiger partial charge in [0.25, 0.3) is 0 Å². The van der Waals surface area contributed by atoms with E-state index in [2.05, 4.69) is 0 Å². The lowest BCUT2D eigenvalue weighted by molar-refractivity contribution is -0.142. The van der Waals surface area contributed by atoms with Crippen LogP contribution in [0.25, 0.3) is 0 Å². The summed E-state index contributed by atoms with van der Waals surface area (Å²) in [6, 6.07) is 1.64. The predicted octanol–water partition coefficient (Wildman–Crippen LogP) is 4.71. The van der Waals surface area contributed by atoms with Crippen LogP contribution in [-0.4, -0.2) is 18.0 Å². The number of nitrogens with zero attached hydrogens (tertiary/aromatic N) is 1. The molecule has 0 atom stereocenters. The molecular weight excluding hydrogens is 296 g/mol. The molecule has 1 fully saturated rings. The highest BCUT2D eigenvalue weighted by atomic mass is 19.4. The molecule has 0 aliphatic carbocycles. The van der Waals surface area contributed by atoms with Crippen LogP contribution in [0.5, 0.6) is 0 Å². The highest BCUT2D eigenvalue weighted by Gasteiger charge is 2.37. The summed E-state index contributed by atoms with van der Waals surface area (Å²) >= 11 is 0. The van der Waals surface area contributed by atoms with E-state index in [1.165, 1.54) is 0 Å². The number of halogens is 6. The standard InChI is InChI=1S/C14H15F6N/c15-13(16,17)11-4-5-12(14(18,19)20)10(8-11)9-21-6-2-1-3-7-21/h4-5,8H,1-3,6-7,9H2. The Labute approximate surface area is 118 Å². The third-order valence-corrected chi connectivity index (χ3v) is 3.58. The molecule has 1 heterocycles. The van der Waals surface area contributed by atoms with Crippen LogP contribution in [0.3, 0.4) is 0 Å². The van der Waals surface area contributed by atoms with Crippen molar-refractivity contribution in [1.82, 2.24) is 4.90 Å². The third-order valence-electron chi connectivity index (χ3n) is 3.58. The van der Waals surface area contributed by atoms with Crippen LogP contribution < -0.4 is 0 Å². The molecule has 1 aromatic carbocycles. The molecule has 1 saturated heterocycles. The van der Waals surface area contributed by atoms with E-state index in [-0.39, 0.29) is 12.1 Å². The summed E-state index contributed by atoms with van der Waals surface area (Å²) in [5, 5.41) is 0. The second-order valence-corrected chi connectivity index (χ2v) is 5.20. The molecule has 118 valence electrons. The maximum Gasteiger partial charge on any atom is 0.416 e. The lowest BCUT2D eigenvalue weighted by Crippen LogP contribution is -2.30. The van der Waals surface area contributed by atoms with Gasteiger partial charge in [-0.3, -0.25) is 4.90 Å². The molecule has 2 rings (SSSR count). The van der Waals surface area contributed by atoms with Crippen LogP contribution in [0.15, 0.2) is 18.2 Å². The summed E-state index contributed by atoms with van der Waals surface area (Å²) in [6.07, 6.45) is -6.55. The largest absolute Gasteiger partial charge is 0.416 e. The number of rotatable bonds is 2. The molecule has 1 aliphatic heterocycles. The molecule has 1 nitrogen and oxygen atoms in total. The Hall–Kier alpha value is -1.24. The van der Waals surface area contributed by atoms with Gasteiger partial charge in [-0.1, -0.05) is 6.42 Å². The van der Waals surface area contributed by atoms with E-state index < -0.39 is 23.5 Å². The highest BCUT2D eigenvalue weighted by Crippen LogP contribution is 2.37. The maximum atomic E-state index is 12.9. The smallest absolute Gasteiger partial charge is 0.299 e. The third kappa shape index (κ3) is 4.12. The van der Waals surface area contributed by atoms with Crippen LogP contribution >= 0.6 is 0 Å². The summed E-state index contributed by atoms with van der Waals surface area (Å²) in [4.78, 5) is 1.77. The van der Waals surface area contributed by atoms with Gasteiger partial charge in [0, 0.05) is 6.54 Å². The van der Waals surface area contributed by atoms with Gasteiger partial charge in [-0.15, -0.1) is 0 Å². The van der Waals surface area contributed by atoms with Crippen molar-refractivity contribution in [2.45, 2.75) is 38.2 Å². The van der Waals surface area contributed by atoms with Gasteiger partial charge in [0.05, 0.1) is 11.1 Å². The summed E-state index contributed by atoms with van der Waals surface area (Å²) in [5.74, 6) is 0. The van der Waals surface area contributed by atoms with Crippen LogP contribution in [0.4, 0.5) is 26.3 Å². The SMILES string of the molecule is FC(F)(F)c1ccc(C(F)(F)F)c(CN2CCCCC2)c1. The second-order valence-electron chi connectivity index (χ2n) is 5.20. The summed E-state index contributed by atoms with van der Waals surface area (Å²) < 4.78 is 76.8. The van der Waals surface area contributed by atoms with Gasteiger partial charge in [-0.25, -0.2) is 0 Å². The van der Waals surface area contributed by atoms with Gasteiger partial charge in [-0.05, 0) is 49.7 Å². The molecule has 0 amide bonds. The van der Waals surface area contributed by atoms with Crippen LogP contribution in [0.2, 0.25) is 0 Å². The van der Waals surface area contributed by atoms with Crippen molar-refractivity contribution in [3.63, 3.8) is 0 Å². The minimum Gasteiger partial charge on any atom is -0.299 e. The summed E-state index contributed by atoms with van der Waals surface area (Å²) in [5.41, 5.74) is -2.33. The molecule has 0 aromatic heterocycles. The zero-order valence-electron chi connectivity index (χ0n) is 11.2. The fraction of sp³-hybridized carbons (Fsp3) is 0.571. The Morgan fingerprint density at radius 2 is 1.48 bits per heavy atom. The van der Waals surface area contributed by atoms with Crippen molar-refractivity contribution in [1.29, 1.82) is 0 Å². The average molecular weight is 311 g/mol. The Kier molecular flexibility index (Phi) is 4.51. The predicted molar refractivity (Wildman–Crippen MR) is 65.6 cm³/mol. The molecule has 0 unspecified atom stereocenters. The van der Waals surface area contributed by atoms with Crippen LogP contribution in [0, 0.1) is 0 Å². The molecule has 7 heteroatoms. The van der Waals surface area contributed by atoms with Gasteiger partial charge in [0.2, 0.25) is 0 Å². The minimum atomic E-state index is -4.64. The highest BCUT2D eigenvalue weighted by molar-refractivity contribution is 5.35. The van der Waals surface area contributed by atoms with Gasteiger partial charge in [0.15, 0.2) is 0 Å². The lowest BCUT2D eigenvalue weighted by Gasteiger charge is -2.28. The van der Waals surface area contributed by atoms with Crippen molar-refractivity contribution in [3.05, 3.63) is 34.9 Å². The molecule has 0 spiro atoms. The van der Waals surface area contributed by atoms with Crippen molar-refractivity contribution in [3.8, 4) is 0 Å². The first kappa shape index (κ1) is 16.1. The van der Waals surface area contributed by atoms with E-state index in [0.29, 0.717) is 31.3 Å². The maximum absolute atomic E-state index is 12.9. The first-order chi connectivity index (χ1) is 9.68. The Bertz CT molecular complexity index is 485. The Balaban J connectivity index is 2.33. The van der Waals surface area contributed by atoms with Crippen molar-refractivity contribution < 1.29 is 26.3 Å². The molecular formula is C14H15F6N. The van der Waals surface area contributed by atoms with Crippen molar-refractivity contribution in [2.24, 2.45) is 0 Å².